The summed E-state index contributed by atoms with van der Waals surface area (Å²) in [4.78, 5) is 0. The van der Waals surface area contributed by atoms with Gasteiger partial charge in [0.15, 0.2) is 0 Å². The summed E-state index contributed by atoms with van der Waals surface area (Å²) >= 11 is 0. The molecular weight excluding hydrogens is 248 g/mol. The van der Waals surface area contributed by atoms with E-state index in [9.17, 15) is 8.42 Å². The lowest BCUT2D eigenvalue weighted by atomic mass is 9.89. The van der Waals surface area contributed by atoms with Crippen LogP contribution < -0.4 is 10.5 Å². The van der Waals surface area contributed by atoms with E-state index in [4.69, 9.17) is 5.73 Å². The van der Waals surface area contributed by atoms with E-state index in [1.807, 2.05) is 37.3 Å². The quantitative estimate of drug-likeness (QED) is 0.843. The first kappa shape index (κ1) is 13.5. The number of rotatable bonds is 5. The second kappa shape index (κ2) is 5.38. The van der Waals surface area contributed by atoms with Crippen LogP contribution in [-0.2, 0) is 10.0 Å². The van der Waals surface area contributed by atoms with Crippen LogP contribution in [0.1, 0.15) is 31.2 Å². The third kappa shape index (κ3) is 3.54. The largest absolute Gasteiger partial charge is 0.328 e. The molecule has 1 aliphatic carbocycles. The lowest BCUT2D eigenvalue weighted by Crippen LogP contribution is -2.51. The molecule has 18 heavy (non-hydrogen) atoms. The van der Waals surface area contributed by atoms with E-state index < -0.39 is 10.0 Å². The molecular formula is C13H20N2O2S. The van der Waals surface area contributed by atoms with Crippen molar-refractivity contribution >= 4 is 10.0 Å². The zero-order valence-electron chi connectivity index (χ0n) is 10.5. The maximum absolute atomic E-state index is 12.0. The normalized spacial score (nSPS) is 25.4. The molecule has 1 unspecified atom stereocenters. The van der Waals surface area contributed by atoms with E-state index in [0.717, 1.165) is 18.4 Å². The van der Waals surface area contributed by atoms with Crippen molar-refractivity contribution in [3.05, 3.63) is 35.9 Å². The van der Waals surface area contributed by atoms with E-state index in [2.05, 4.69) is 4.72 Å². The van der Waals surface area contributed by atoms with Crippen LogP contribution in [0.2, 0.25) is 0 Å². The van der Waals surface area contributed by atoms with Crippen molar-refractivity contribution in [2.24, 2.45) is 5.73 Å². The highest BCUT2D eigenvalue weighted by molar-refractivity contribution is 7.89. The molecule has 0 spiro atoms. The van der Waals surface area contributed by atoms with Crippen LogP contribution in [0.4, 0.5) is 0 Å². The van der Waals surface area contributed by atoms with Gasteiger partial charge in [0.2, 0.25) is 10.0 Å². The Kier molecular flexibility index (Phi) is 4.04. The maximum Gasteiger partial charge on any atom is 0.212 e. The highest BCUT2D eigenvalue weighted by atomic mass is 32.2. The van der Waals surface area contributed by atoms with Gasteiger partial charge in [0.1, 0.15) is 0 Å². The lowest BCUT2D eigenvalue weighted by molar-refractivity contribution is 0.327. The lowest BCUT2D eigenvalue weighted by Gasteiger charge is -2.33. The van der Waals surface area contributed by atoms with E-state index >= 15 is 0 Å². The van der Waals surface area contributed by atoms with Gasteiger partial charge in [-0.2, -0.15) is 0 Å². The molecule has 5 heteroatoms. The van der Waals surface area contributed by atoms with Crippen molar-refractivity contribution < 1.29 is 8.42 Å². The standard InChI is InChI=1S/C13H20N2O2S/c1-10(11-5-3-2-4-6-11)9-18(16,17)15-13-7-12(14)8-13/h2-6,10,12-13,15H,7-9,14H2,1H3. The molecule has 1 aromatic carbocycles. The molecule has 1 saturated carbocycles. The zero-order valence-corrected chi connectivity index (χ0v) is 11.4. The number of benzene rings is 1. The van der Waals surface area contributed by atoms with Gasteiger partial charge in [-0.1, -0.05) is 37.3 Å². The Morgan fingerprint density at radius 2 is 1.94 bits per heavy atom. The molecule has 2 rings (SSSR count). The van der Waals surface area contributed by atoms with Crippen LogP contribution in [-0.4, -0.2) is 26.3 Å². The molecule has 0 amide bonds. The molecule has 1 aliphatic rings. The Balaban J connectivity index is 1.92. The summed E-state index contributed by atoms with van der Waals surface area (Å²) < 4.78 is 26.7. The molecule has 1 atom stereocenters. The first-order valence-electron chi connectivity index (χ1n) is 6.27. The van der Waals surface area contributed by atoms with Gasteiger partial charge in [0.25, 0.3) is 0 Å². The number of sulfonamides is 1. The van der Waals surface area contributed by atoms with Gasteiger partial charge in [-0.25, -0.2) is 13.1 Å². The Morgan fingerprint density at radius 3 is 2.50 bits per heavy atom. The molecule has 0 heterocycles. The van der Waals surface area contributed by atoms with Crippen LogP contribution in [0.25, 0.3) is 0 Å². The Bertz CT molecular complexity index is 481. The van der Waals surface area contributed by atoms with Crippen LogP contribution in [0.5, 0.6) is 0 Å². The fraction of sp³-hybridized carbons (Fsp3) is 0.538. The fourth-order valence-corrected chi connectivity index (χ4v) is 3.91. The number of nitrogens with one attached hydrogen (secondary N) is 1. The Hall–Kier alpha value is -0.910. The molecule has 100 valence electrons. The predicted octanol–water partition coefficient (Wildman–Crippen LogP) is 1.20. The van der Waals surface area contributed by atoms with Crippen molar-refractivity contribution in [3.8, 4) is 0 Å². The number of hydrogen-bond donors (Lipinski definition) is 2. The second-order valence-corrected chi connectivity index (χ2v) is 6.94. The fourth-order valence-electron chi connectivity index (χ4n) is 2.27. The van der Waals surface area contributed by atoms with E-state index in [1.54, 1.807) is 0 Å². The zero-order chi connectivity index (χ0) is 13.2. The second-order valence-electron chi connectivity index (χ2n) is 5.14. The summed E-state index contributed by atoms with van der Waals surface area (Å²) in [6.07, 6.45) is 1.50. The topological polar surface area (TPSA) is 72.2 Å². The average molecular weight is 268 g/mol. The highest BCUT2D eigenvalue weighted by Gasteiger charge is 2.30. The van der Waals surface area contributed by atoms with Crippen LogP contribution >= 0.6 is 0 Å². The summed E-state index contributed by atoms with van der Waals surface area (Å²) in [5.41, 5.74) is 6.69. The van der Waals surface area contributed by atoms with Crippen LogP contribution in [0.15, 0.2) is 30.3 Å². The van der Waals surface area contributed by atoms with E-state index in [1.165, 1.54) is 0 Å². The van der Waals surface area contributed by atoms with Crippen molar-refractivity contribution in [1.29, 1.82) is 0 Å². The predicted molar refractivity (Wildman–Crippen MR) is 72.8 cm³/mol. The summed E-state index contributed by atoms with van der Waals surface area (Å²) in [5.74, 6) is 0.125. The van der Waals surface area contributed by atoms with E-state index in [0.29, 0.717) is 0 Å². The van der Waals surface area contributed by atoms with Gasteiger partial charge < -0.3 is 5.73 Å². The first-order valence-corrected chi connectivity index (χ1v) is 7.92. The molecule has 4 nitrogen and oxygen atoms in total. The molecule has 0 aromatic heterocycles. The molecule has 3 N–H and O–H groups in total. The van der Waals surface area contributed by atoms with Crippen molar-refractivity contribution in [2.45, 2.75) is 37.8 Å². The number of nitrogens with two attached hydrogens (primary N) is 1. The third-order valence-electron chi connectivity index (χ3n) is 3.36. The minimum atomic E-state index is -3.22. The van der Waals surface area contributed by atoms with Gasteiger partial charge >= 0.3 is 0 Å². The summed E-state index contributed by atoms with van der Waals surface area (Å²) in [6.45, 7) is 1.93. The summed E-state index contributed by atoms with van der Waals surface area (Å²) in [5, 5.41) is 0. The SMILES string of the molecule is CC(CS(=O)(=O)NC1CC(N)C1)c1ccccc1. The molecule has 0 aliphatic heterocycles. The smallest absolute Gasteiger partial charge is 0.212 e. The molecule has 1 fully saturated rings. The van der Waals surface area contributed by atoms with Gasteiger partial charge in [-0.15, -0.1) is 0 Å². The maximum atomic E-state index is 12.0. The van der Waals surface area contributed by atoms with Gasteiger partial charge in [0.05, 0.1) is 5.75 Å². The third-order valence-corrected chi connectivity index (χ3v) is 4.99. The van der Waals surface area contributed by atoms with Crippen LogP contribution in [0, 0.1) is 0 Å². The molecule has 0 saturated heterocycles. The summed E-state index contributed by atoms with van der Waals surface area (Å²) in [6, 6.07) is 9.89. The molecule has 0 bridgehead atoms. The van der Waals surface area contributed by atoms with E-state index in [-0.39, 0.29) is 23.8 Å². The molecule has 1 aromatic rings. The number of hydrogen-bond acceptors (Lipinski definition) is 3. The Labute approximate surface area is 109 Å². The minimum Gasteiger partial charge on any atom is -0.328 e. The van der Waals surface area contributed by atoms with Gasteiger partial charge in [-0.05, 0) is 24.3 Å². The summed E-state index contributed by atoms with van der Waals surface area (Å²) in [7, 11) is -3.22. The molecule has 0 radical (unpaired) electrons. The van der Waals surface area contributed by atoms with Gasteiger partial charge in [-0.3, -0.25) is 0 Å². The van der Waals surface area contributed by atoms with Crippen LogP contribution in [0.3, 0.4) is 0 Å². The van der Waals surface area contributed by atoms with Crippen molar-refractivity contribution in [1.82, 2.24) is 4.72 Å². The minimum absolute atomic E-state index is 0.00236. The average Bonchev–Trinajstić information content (AvgIpc) is 2.27. The highest BCUT2D eigenvalue weighted by Crippen LogP contribution is 2.21. The Morgan fingerprint density at radius 1 is 1.33 bits per heavy atom. The van der Waals surface area contributed by atoms with Gasteiger partial charge in [0, 0.05) is 12.1 Å². The first-order chi connectivity index (χ1) is 8.46. The van der Waals surface area contributed by atoms with Crippen molar-refractivity contribution in [3.63, 3.8) is 0 Å². The monoisotopic (exact) mass is 268 g/mol. The van der Waals surface area contributed by atoms with Crippen molar-refractivity contribution in [2.75, 3.05) is 5.75 Å².